The lowest BCUT2D eigenvalue weighted by Gasteiger charge is -2.24. The van der Waals surface area contributed by atoms with Crippen molar-refractivity contribution in [3.05, 3.63) is 23.8 Å². The van der Waals surface area contributed by atoms with Crippen LogP contribution in [0.2, 0.25) is 0 Å². The number of benzene rings is 1. The van der Waals surface area contributed by atoms with E-state index in [2.05, 4.69) is 31.4 Å². The average Bonchev–Trinajstić information content (AvgIpc) is 2.37. The second-order valence-corrected chi connectivity index (χ2v) is 5.53. The van der Waals surface area contributed by atoms with Gasteiger partial charge in [0.15, 0.2) is 0 Å². The van der Waals surface area contributed by atoms with Crippen LogP contribution in [0.4, 0.5) is 11.4 Å². The van der Waals surface area contributed by atoms with Crippen LogP contribution in [0.5, 0.6) is 0 Å². The summed E-state index contributed by atoms with van der Waals surface area (Å²) in [6.07, 6.45) is 1.09. The first-order valence-electron chi connectivity index (χ1n) is 6.81. The van der Waals surface area contributed by atoms with Crippen LogP contribution in [0.15, 0.2) is 18.2 Å². The molecule has 0 atom stereocenters. The van der Waals surface area contributed by atoms with Gasteiger partial charge in [0.05, 0.1) is 11.4 Å². The van der Waals surface area contributed by atoms with Crippen molar-refractivity contribution >= 4 is 17.3 Å². The van der Waals surface area contributed by atoms with Crippen molar-refractivity contribution in [2.24, 2.45) is 5.41 Å². The van der Waals surface area contributed by atoms with E-state index in [-0.39, 0.29) is 11.3 Å². The predicted molar refractivity (Wildman–Crippen MR) is 81.4 cm³/mol. The Kier molecular flexibility index (Phi) is 5.21. The highest BCUT2D eigenvalue weighted by Gasteiger charge is 2.15. The molecule has 106 valence electrons. The minimum atomic E-state index is -0.0883. The van der Waals surface area contributed by atoms with Crippen molar-refractivity contribution in [2.45, 2.75) is 34.1 Å². The summed E-state index contributed by atoms with van der Waals surface area (Å²) in [4.78, 5) is 11.7. The van der Waals surface area contributed by atoms with Crippen LogP contribution in [0, 0.1) is 5.41 Å². The molecule has 4 N–H and O–H groups in total. The Balaban J connectivity index is 2.75. The Morgan fingerprint density at radius 3 is 2.53 bits per heavy atom. The number of carbonyl (C=O) groups excluding carboxylic acids is 1. The molecule has 1 aromatic rings. The highest BCUT2D eigenvalue weighted by molar-refractivity contribution is 5.96. The summed E-state index contributed by atoms with van der Waals surface area (Å²) < 4.78 is 0. The van der Waals surface area contributed by atoms with Crippen LogP contribution < -0.4 is 16.4 Å². The van der Waals surface area contributed by atoms with E-state index in [1.807, 2.05) is 13.0 Å². The van der Waals surface area contributed by atoms with E-state index >= 15 is 0 Å². The molecule has 0 aromatic heterocycles. The number of rotatable bonds is 6. The van der Waals surface area contributed by atoms with Gasteiger partial charge >= 0.3 is 0 Å². The fourth-order valence-electron chi connectivity index (χ4n) is 1.59. The molecule has 0 spiro atoms. The van der Waals surface area contributed by atoms with Crippen LogP contribution in [0.25, 0.3) is 0 Å². The SMILES string of the molecule is CCNC(=O)c1ccc(NCC(C)(C)CC)c(N)c1. The number of hydrogen-bond acceptors (Lipinski definition) is 3. The quantitative estimate of drug-likeness (QED) is 0.691. The van der Waals surface area contributed by atoms with Crippen LogP contribution in [0.3, 0.4) is 0 Å². The molecule has 0 fully saturated rings. The Labute approximate surface area is 115 Å². The van der Waals surface area contributed by atoms with Crippen molar-refractivity contribution in [3.8, 4) is 0 Å². The molecule has 0 saturated heterocycles. The molecule has 0 unspecified atom stereocenters. The van der Waals surface area contributed by atoms with Crippen molar-refractivity contribution < 1.29 is 4.79 Å². The zero-order chi connectivity index (χ0) is 14.5. The molecular formula is C15H25N3O. The highest BCUT2D eigenvalue weighted by atomic mass is 16.1. The van der Waals surface area contributed by atoms with Gasteiger partial charge < -0.3 is 16.4 Å². The molecule has 4 nitrogen and oxygen atoms in total. The Bertz CT molecular complexity index is 441. The van der Waals surface area contributed by atoms with Gasteiger partial charge in [-0.05, 0) is 37.0 Å². The maximum absolute atomic E-state index is 11.7. The number of nitrogens with two attached hydrogens (primary N) is 1. The molecule has 1 amide bonds. The Morgan fingerprint density at radius 1 is 1.32 bits per heavy atom. The van der Waals surface area contributed by atoms with Crippen LogP contribution in [-0.4, -0.2) is 19.0 Å². The molecule has 0 saturated carbocycles. The first-order chi connectivity index (χ1) is 8.89. The zero-order valence-electron chi connectivity index (χ0n) is 12.3. The van der Waals surface area contributed by atoms with E-state index in [0.29, 0.717) is 17.8 Å². The number of carbonyl (C=O) groups is 1. The van der Waals surface area contributed by atoms with Gasteiger partial charge in [-0.2, -0.15) is 0 Å². The summed E-state index contributed by atoms with van der Waals surface area (Å²) in [7, 11) is 0. The molecule has 0 radical (unpaired) electrons. The standard InChI is InChI=1S/C15H25N3O/c1-5-15(3,4)10-18-13-8-7-11(9-12(13)16)14(19)17-6-2/h7-9,18H,5-6,10,16H2,1-4H3,(H,17,19). The number of nitrogen functional groups attached to an aromatic ring is 1. The Morgan fingerprint density at radius 2 is 2.00 bits per heavy atom. The largest absolute Gasteiger partial charge is 0.397 e. The number of amides is 1. The third-order valence-corrected chi connectivity index (χ3v) is 3.37. The molecule has 0 bridgehead atoms. The molecule has 0 aliphatic heterocycles. The lowest BCUT2D eigenvalue weighted by Crippen LogP contribution is -2.24. The van der Waals surface area contributed by atoms with Gasteiger partial charge in [-0.25, -0.2) is 0 Å². The predicted octanol–water partition coefficient (Wildman–Crippen LogP) is 2.87. The first kappa shape index (κ1) is 15.3. The monoisotopic (exact) mass is 263 g/mol. The summed E-state index contributed by atoms with van der Waals surface area (Å²) in [5, 5.41) is 6.10. The summed E-state index contributed by atoms with van der Waals surface area (Å²) in [6.45, 7) is 9.95. The molecule has 0 heterocycles. The van der Waals surface area contributed by atoms with E-state index in [9.17, 15) is 4.79 Å². The lowest BCUT2D eigenvalue weighted by atomic mass is 9.90. The van der Waals surface area contributed by atoms with E-state index < -0.39 is 0 Å². The number of anilines is 2. The zero-order valence-corrected chi connectivity index (χ0v) is 12.3. The smallest absolute Gasteiger partial charge is 0.251 e. The summed E-state index contributed by atoms with van der Waals surface area (Å²) in [5.74, 6) is -0.0883. The van der Waals surface area contributed by atoms with Crippen LogP contribution in [-0.2, 0) is 0 Å². The lowest BCUT2D eigenvalue weighted by molar-refractivity contribution is 0.0956. The third kappa shape index (κ3) is 4.47. The second kappa shape index (κ2) is 6.45. The van der Waals surface area contributed by atoms with Crippen molar-refractivity contribution in [1.29, 1.82) is 0 Å². The van der Waals surface area contributed by atoms with Crippen LogP contribution in [0.1, 0.15) is 44.5 Å². The van der Waals surface area contributed by atoms with E-state index in [1.165, 1.54) is 0 Å². The minimum Gasteiger partial charge on any atom is -0.397 e. The van der Waals surface area contributed by atoms with Crippen molar-refractivity contribution in [2.75, 3.05) is 24.1 Å². The molecule has 1 aromatic carbocycles. The molecule has 0 aliphatic rings. The van der Waals surface area contributed by atoms with Crippen molar-refractivity contribution in [3.63, 3.8) is 0 Å². The van der Waals surface area contributed by atoms with Gasteiger partial charge in [0, 0.05) is 18.7 Å². The van der Waals surface area contributed by atoms with Crippen LogP contribution >= 0.6 is 0 Å². The van der Waals surface area contributed by atoms with Gasteiger partial charge in [-0.3, -0.25) is 4.79 Å². The molecular weight excluding hydrogens is 238 g/mol. The minimum absolute atomic E-state index is 0.0883. The van der Waals surface area contributed by atoms with Gasteiger partial charge in [0.1, 0.15) is 0 Å². The van der Waals surface area contributed by atoms with Gasteiger partial charge in [-0.1, -0.05) is 20.8 Å². The number of nitrogens with one attached hydrogen (secondary N) is 2. The first-order valence-corrected chi connectivity index (χ1v) is 6.81. The van der Waals surface area contributed by atoms with Gasteiger partial charge in [-0.15, -0.1) is 0 Å². The third-order valence-electron chi connectivity index (χ3n) is 3.37. The van der Waals surface area contributed by atoms with Crippen molar-refractivity contribution in [1.82, 2.24) is 5.32 Å². The fraction of sp³-hybridized carbons (Fsp3) is 0.533. The van der Waals surface area contributed by atoms with E-state index in [1.54, 1.807) is 12.1 Å². The molecule has 19 heavy (non-hydrogen) atoms. The van der Waals surface area contributed by atoms with Gasteiger partial charge in [0.2, 0.25) is 0 Å². The topological polar surface area (TPSA) is 67.2 Å². The summed E-state index contributed by atoms with van der Waals surface area (Å²) in [5.41, 5.74) is 8.30. The molecule has 1 rings (SSSR count). The van der Waals surface area contributed by atoms with E-state index in [0.717, 1.165) is 18.7 Å². The highest BCUT2D eigenvalue weighted by Crippen LogP contribution is 2.24. The average molecular weight is 263 g/mol. The fourth-order valence-corrected chi connectivity index (χ4v) is 1.59. The summed E-state index contributed by atoms with van der Waals surface area (Å²) in [6, 6.07) is 5.38. The maximum Gasteiger partial charge on any atom is 0.251 e. The van der Waals surface area contributed by atoms with E-state index in [4.69, 9.17) is 5.73 Å². The second-order valence-electron chi connectivity index (χ2n) is 5.53. The van der Waals surface area contributed by atoms with Gasteiger partial charge in [0.25, 0.3) is 5.91 Å². The normalized spacial score (nSPS) is 11.2. The molecule has 0 aliphatic carbocycles. The maximum atomic E-state index is 11.7. The Hall–Kier alpha value is -1.71. The molecule has 4 heteroatoms. The summed E-state index contributed by atoms with van der Waals surface area (Å²) >= 11 is 0. The number of hydrogen-bond donors (Lipinski definition) is 3.